The summed E-state index contributed by atoms with van der Waals surface area (Å²) in [6.07, 6.45) is 2.35. The van der Waals surface area contributed by atoms with Crippen molar-refractivity contribution in [1.82, 2.24) is 14.9 Å². The number of benzene rings is 1. The van der Waals surface area contributed by atoms with Gasteiger partial charge in [0.05, 0.1) is 24.3 Å². The first kappa shape index (κ1) is 18.8. The Balaban J connectivity index is 1.72. The first-order valence-corrected chi connectivity index (χ1v) is 9.60. The van der Waals surface area contributed by atoms with Gasteiger partial charge in [-0.3, -0.25) is 4.98 Å². The number of carbonyl (C=O) groups is 1. The van der Waals surface area contributed by atoms with Crippen LogP contribution in [-0.4, -0.2) is 32.9 Å². The number of pyridine rings is 1. The molecule has 1 atom stereocenters. The minimum absolute atomic E-state index is 0.0787. The highest BCUT2D eigenvalue weighted by Crippen LogP contribution is 2.35. The lowest BCUT2D eigenvalue weighted by Gasteiger charge is -2.16. The van der Waals surface area contributed by atoms with Gasteiger partial charge < -0.3 is 19.7 Å². The summed E-state index contributed by atoms with van der Waals surface area (Å²) < 4.78 is 7.32. The maximum atomic E-state index is 12.0. The summed E-state index contributed by atoms with van der Waals surface area (Å²) in [6.45, 7) is 4.04. The van der Waals surface area contributed by atoms with Crippen LogP contribution in [0.25, 0.3) is 10.9 Å². The van der Waals surface area contributed by atoms with E-state index in [1.54, 1.807) is 24.4 Å². The molecule has 0 aliphatic heterocycles. The van der Waals surface area contributed by atoms with Crippen molar-refractivity contribution in [2.75, 3.05) is 0 Å². The Morgan fingerprint density at radius 1 is 1.41 bits per heavy atom. The summed E-state index contributed by atoms with van der Waals surface area (Å²) in [6, 6.07) is 11.0. The van der Waals surface area contributed by atoms with Crippen molar-refractivity contribution in [3.05, 3.63) is 59.0 Å². The molecule has 3 aromatic rings. The molecule has 7 heteroatoms. The second-order valence-corrected chi connectivity index (χ2v) is 7.53. The van der Waals surface area contributed by atoms with E-state index in [4.69, 9.17) is 4.74 Å². The number of hydrogen-bond acceptors (Lipinski definition) is 5. The third-order valence-electron chi connectivity index (χ3n) is 5.14. The molecular formula is C22H22N4O3. The number of nitriles is 1. The Morgan fingerprint density at radius 3 is 2.97 bits per heavy atom. The molecule has 0 saturated heterocycles. The van der Waals surface area contributed by atoms with Crippen LogP contribution in [0.4, 0.5) is 4.79 Å². The number of alkyl carbamates (subject to hydrolysis) is 1. The van der Waals surface area contributed by atoms with E-state index in [0.29, 0.717) is 30.6 Å². The van der Waals surface area contributed by atoms with E-state index < -0.39 is 6.09 Å². The van der Waals surface area contributed by atoms with Gasteiger partial charge in [0.2, 0.25) is 0 Å². The molecule has 0 bridgehead atoms. The van der Waals surface area contributed by atoms with Gasteiger partial charge in [0.15, 0.2) is 0 Å². The Hall–Kier alpha value is -3.53. The predicted molar refractivity (Wildman–Crippen MR) is 108 cm³/mol. The highest BCUT2D eigenvalue weighted by atomic mass is 16.6. The van der Waals surface area contributed by atoms with Gasteiger partial charge >= 0.3 is 6.09 Å². The molecule has 1 aliphatic carbocycles. The van der Waals surface area contributed by atoms with Crippen LogP contribution in [-0.2, 0) is 24.1 Å². The second-order valence-electron chi connectivity index (χ2n) is 7.53. The van der Waals surface area contributed by atoms with Crippen molar-refractivity contribution in [2.45, 2.75) is 45.4 Å². The summed E-state index contributed by atoms with van der Waals surface area (Å²) in [5.74, 6) is 0.143. The van der Waals surface area contributed by atoms with Gasteiger partial charge in [0.1, 0.15) is 11.4 Å². The molecule has 29 heavy (non-hydrogen) atoms. The van der Waals surface area contributed by atoms with E-state index in [1.165, 1.54) is 0 Å². The minimum Gasteiger partial charge on any atom is -0.506 e. The number of rotatable bonds is 4. The lowest BCUT2D eigenvalue weighted by Crippen LogP contribution is -2.37. The van der Waals surface area contributed by atoms with E-state index >= 15 is 0 Å². The third kappa shape index (κ3) is 3.61. The summed E-state index contributed by atoms with van der Waals surface area (Å²) in [5, 5.41) is 23.4. The Kier molecular flexibility index (Phi) is 4.85. The largest absolute Gasteiger partial charge is 0.506 e. The minimum atomic E-state index is -0.425. The number of ether oxygens (including phenoxy) is 1. The maximum Gasteiger partial charge on any atom is 0.407 e. The van der Waals surface area contributed by atoms with Gasteiger partial charge in [-0.15, -0.1) is 0 Å². The van der Waals surface area contributed by atoms with Crippen LogP contribution < -0.4 is 5.32 Å². The monoisotopic (exact) mass is 390 g/mol. The van der Waals surface area contributed by atoms with Crippen molar-refractivity contribution >= 4 is 17.0 Å². The molecule has 2 N–H and O–H groups in total. The average Bonchev–Trinajstić information content (AvgIpc) is 3.20. The Bertz CT molecular complexity index is 1130. The molecular weight excluding hydrogens is 368 g/mol. The molecule has 0 radical (unpaired) electrons. The standard InChI is InChI=1S/C22H22N4O3/c1-13(2)29-22(28)25-15-9-17-16-8-14(11-23)5-6-19(16)26(20(17)10-15)12-18-21(27)4-3-7-24-18/h3-8,13,15,27H,9-10,12H2,1-2H3,(H,25,28)/t15-/m0/s1. The van der Waals surface area contributed by atoms with Crippen molar-refractivity contribution in [2.24, 2.45) is 0 Å². The van der Waals surface area contributed by atoms with E-state index in [1.807, 2.05) is 26.0 Å². The van der Waals surface area contributed by atoms with Crippen LogP contribution in [0.5, 0.6) is 5.75 Å². The van der Waals surface area contributed by atoms with Gasteiger partial charge in [0.25, 0.3) is 0 Å². The fraction of sp³-hybridized carbons (Fsp3) is 0.318. The summed E-state index contributed by atoms with van der Waals surface area (Å²) >= 11 is 0. The van der Waals surface area contributed by atoms with Crippen molar-refractivity contribution < 1.29 is 14.6 Å². The lowest BCUT2D eigenvalue weighted by atomic mass is 10.1. The lowest BCUT2D eigenvalue weighted by molar-refractivity contribution is 0.112. The predicted octanol–water partition coefficient (Wildman–Crippen LogP) is 3.26. The molecule has 0 unspecified atom stereocenters. The fourth-order valence-corrected chi connectivity index (χ4v) is 3.96. The van der Waals surface area contributed by atoms with Crippen molar-refractivity contribution in [3.63, 3.8) is 0 Å². The smallest absolute Gasteiger partial charge is 0.407 e. The topological polar surface area (TPSA) is 100 Å². The molecule has 148 valence electrons. The number of nitrogens with zero attached hydrogens (tertiary/aromatic N) is 3. The first-order valence-electron chi connectivity index (χ1n) is 9.60. The summed E-state index contributed by atoms with van der Waals surface area (Å²) in [4.78, 5) is 16.3. The van der Waals surface area contributed by atoms with Gasteiger partial charge in [-0.25, -0.2) is 4.79 Å². The Morgan fingerprint density at radius 2 is 2.24 bits per heavy atom. The van der Waals surface area contributed by atoms with Gasteiger partial charge in [-0.05, 0) is 56.2 Å². The zero-order valence-corrected chi connectivity index (χ0v) is 16.3. The van der Waals surface area contributed by atoms with Crippen LogP contribution in [0.2, 0.25) is 0 Å². The molecule has 2 aromatic heterocycles. The van der Waals surface area contributed by atoms with E-state index in [-0.39, 0.29) is 17.9 Å². The van der Waals surface area contributed by atoms with Crippen LogP contribution >= 0.6 is 0 Å². The van der Waals surface area contributed by atoms with Gasteiger partial charge in [-0.2, -0.15) is 5.26 Å². The molecule has 4 rings (SSSR count). The van der Waals surface area contributed by atoms with E-state index in [9.17, 15) is 15.2 Å². The highest BCUT2D eigenvalue weighted by Gasteiger charge is 2.30. The fourth-order valence-electron chi connectivity index (χ4n) is 3.96. The van der Waals surface area contributed by atoms with Crippen LogP contribution in [0.1, 0.15) is 36.4 Å². The Labute approximate surface area is 168 Å². The zero-order valence-electron chi connectivity index (χ0n) is 16.3. The molecule has 2 heterocycles. The highest BCUT2D eigenvalue weighted by molar-refractivity contribution is 5.88. The molecule has 7 nitrogen and oxygen atoms in total. The van der Waals surface area contributed by atoms with E-state index in [0.717, 1.165) is 22.2 Å². The number of aromatic hydroxyl groups is 1. The van der Waals surface area contributed by atoms with Crippen LogP contribution in [0.3, 0.4) is 0 Å². The normalized spacial score (nSPS) is 15.3. The molecule has 0 saturated carbocycles. The quantitative estimate of drug-likeness (QED) is 0.712. The van der Waals surface area contributed by atoms with Crippen molar-refractivity contribution in [1.29, 1.82) is 5.26 Å². The number of fused-ring (bicyclic) bond motifs is 3. The summed E-state index contributed by atoms with van der Waals surface area (Å²) in [5.41, 5.74) is 4.35. The number of amides is 1. The average molecular weight is 390 g/mol. The first-order chi connectivity index (χ1) is 14.0. The second kappa shape index (κ2) is 7.47. The van der Waals surface area contributed by atoms with Crippen LogP contribution in [0.15, 0.2) is 36.5 Å². The number of carbonyl (C=O) groups excluding carboxylic acids is 1. The van der Waals surface area contributed by atoms with Gasteiger partial charge in [-0.1, -0.05) is 0 Å². The summed E-state index contributed by atoms with van der Waals surface area (Å²) in [7, 11) is 0. The SMILES string of the molecule is CC(C)OC(=O)N[C@H]1Cc2c(n(Cc3ncccc3O)c3ccc(C#N)cc23)C1. The number of aromatic nitrogens is 2. The molecule has 0 fully saturated rings. The molecule has 0 spiro atoms. The van der Waals surface area contributed by atoms with E-state index in [2.05, 4.69) is 20.9 Å². The number of nitrogens with one attached hydrogen (secondary N) is 1. The van der Waals surface area contributed by atoms with Gasteiger partial charge in [0, 0.05) is 35.3 Å². The van der Waals surface area contributed by atoms with Crippen LogP contribution in [0, 0.1) is 11.3 Å². The zero-order chi connectivity index (χ0) is 20.5. The third-order valence-corrected chi connectivity index (χ3v) is 5.14. The molecule has 1 aliphatic rings. The number of hydrogen-bond donors (Lipinski definition) is 2. The molecule has 1 aromatic carbocycles. The van der Waals surface area contributed by atoms with Crippen molar-refractivity contribution in [3.8, 4) is 11.8 Å². The molecule has 1 amide bonds. The maximum absolute atomic E-state index is 12.0.